The highest BCUT2D eigenvalue weighted by Gasteiger charge is 2.48. The molecule has 3 rings (SSSR count). The fraction of sp³-hybridized carbons (Fsp3) is 0.600. The SMILES string of the molecule is CN1C[C@]2(CCCCN2C(=O)Cc2ccsc2)CC1=O. The van der Waals surface area contributed by atoms with Crippen LogP contribution in [-0.4, -0.2) is 47.3 Å². The molecule has 5 heteroatoms. The van der Waals surface area contributed by atoms with Crippen molar-refractivity contribution < 1.29 is 9.59 Å². The fourth-order valence-electron chi connectivity index (χ4n) is 3.50. The van der Waals surface area contributed by atoms with Crippen LogP contribution in [0.5, 0.6) is 0 Å². The number of nitrogens with zero attached hydrogens (tertiary/aromatic N) is 2. The highest BCUT2D eigenvalue weighted by Crippen LogP contribution is 2.37. The number of carbonyl (C=O) groups excluding carboxylic acids is 2. The maximum atomic E-state index is 12.6. The van der Waals surface area contributed by atoms with E-state index in [0.29, 0.717) is 19.4 Å². The third-order valence-corrected chi connectivity index (χ3v) is 5.25. The lowest BCUT2D eigenvalue weighted by Crippen LogP contribution is -2.56. The van der Waals surface area contributed by atoms with Gasteiger partial charge in [-0.25, -0.2) is 0 Å². The third kappa shape index (κ3) is 2.35. The Morgan fingerprint density at radius 1 is 1.45 bits per heavy atom. The van der Waals surface area contributed by atoms with Gasteiger partial charge in [0, 0.05) is 20.1 Å². The molecular formula is C15H20N2O2S. The lowest BCUT2D eigenvalue weighted by Gasteiger charge is -2.44. The average Bonchev–Trinajstić information content (AvgIpc) is 3.00. The molecule has 1 aromatic heterocycles. The van der Waals surface area contributed by atoms with Crippen molar-refractivity contribution in [1.82, 2.24) is 9.80 Å². The second-order valence-electron chi connectivity index (χ2n) is 5.96. The Kier molecular flexibility index (Phi) is 3.54. The van der Waals surface area contributed by atoms with Crippen LogP contribution < -0.4 is 0 Å². The number of hydrogen-bond acceptors (Lipinski definition) is 3. The number of rotatable bonds is 2. The van der Waals surface area contributed by atoms with E-state index in [-0.39, 0.29) is 17.4 Å². The van der Waals surface area contributed by atoms with Gasteiger partial charge in [0.05, 0.1) is 18.4 Å². The fourth-order valence-corrected chi connectivity index (χ4v) is 4.17. The number of likely N-dealkylation sites (N-methyl/N-ethyl adjacent to an activating group) is 1. The molecule has 0 aliphatic carbocycles. The molecule has 0 bridgehead atoms. The van der Waals surface area contributed by atoms with E-state index in [9.17, 15) is 9.59 Å². The quantitative estimate of drug-likeness (QED) is 0.835. The number of thiophene rings is 1. The third-order valence-electron chi connectivity index (χ3n) is 4.52. The molecule has 2 amide bonds. The van der Waals surface area contributed by atoms with Crippen molar-refractivity contribution in [3.8, 4) is 0 Å². The lowest BCUT2D eigenvalue weighted by atomic mass is 9.85. The summed E-state index contributed by atoms with van der Waals surface area (Å²) in [7, 11) is 1.84. The van der Waals surface area contributed by atoms with Gasteiger partial charge in [0.25, 0.3) is 0 Å². The van der Waals surface area contributed by atoms with Gasteiger partial charge in [0.1, 0.15) is 0 Å². The van der Waals surface area contributed by atoms with Crippen molar-refractivity contribution in [1.29, 1.82) is 0 Å². The van der Waals surface area contributed by atoms with Crippen LogP contribution in [0.25, 0.3) is 0 Å². The molecule has 0 unspecified atom stereocenters. The molecule has 3 heterocycles. The second kappa shape index (κ2) is 5.20. The van der Waals surface area contributed by atoms with E-state index in [1.165, 1.54) is 0 Å². The van der Waals surface area contributed by atoms with Gasteiger partial charge >= 0.3 is 0 Å². The molecule has 20 heavy (non-hydrogen) atoms. The minimum absolute atomic E-state index is 0.167. The monoisotopic (exact) mass is 292 g/mol. The Labute approximate surface area is 123 Å². The van der Waals surface area contributed by atoms with Crippen molar-refractivity contribution in [3.05, 3.63) is 22.4 Å². The van der Waals surface area contributed by atoms with E-state index in [4.69, 9.17) is 0 Å². The summed E-state index contributed by atoms with van der Waals surface area (Å²) < 4.78 is 0. The molecule has 0 aromatic carbocycles. The lowest BCUT2D eigenvalue weighted by molar-refractivity contribution is -0.138. The summed E-state index contributed by atoms with van der Waals surface area (Å²) in [6, 6.07) is 2.01. The molecule has 2 fully saturated rings. The number of piperidine rings is 1. The van der Waals surface area contributed by atoms with Gasteiger partial charge in [-0.15, -0.1) is 0 Å². The van der Waals surface area contributed by atoms with Gasteiger partial charge < -0.3 is 9.80 Å². The minimum Gasteiger partial charge on any atom is -0.343 e. The van der Waals surface area contributed by atoms with Crippen molar-refractivity contribution >= 4 is 23.2 Å². The first-order chi connectivity index (χ1) is 9.61. The molecule has 1 atom stereocenters. The number of carbonyl (C=O) groups is 2. The van der Waals surface area contributed by atoms with Gasteiger partial charge in [0.2, 0.25) is 11.8 Å². The normalized spacial score (nSPS) is 26.6. The predicted molar refractivity (Wildman–Crippen MR) is 78.6 cm³/mol. The van der Waals surface area contributed by atoms with Crippen LogP contribution >= 0.6 is 11.3 Å². The van der Waals surface area contributed by atoms with Gasteiger partial charge in [-0.2, -0.15) is 11.3 Å². The van der Waals surface area contributed by atoms with Crippen LogP contribution in [0.2, 0.25) is 0 Å². The van der Waals surface area contributed by atoms with Crippen molar-refractivity contribution in [2.24, 2.45) is 0 Å². The van der Waals surface area contributed by atoms with E-state index in [1.807, 2.05) is 28.8 Å². The van der Waals surface area contributed by atoms with Crippen molar-refractivity contribution in [2.75, 3.05) is 20.1 Å². The van der Waals surface area contributed by atoms with E-state index >= 15 is 0 Å². The average molecular weight is 292 g/mol. The second-order valence-corrected chi connectivity index (χ2v) is 6.74. The highest BCUT2D eigenvalue weighted by molar-refractivity contribution is 7.07. The van der Waals surface area contributed by atoms with Crippen LogP contribution in [0.4, 0.5) is 0 Å². The first-order valence-electron chi connectivity index (χ1n) is 7.16. The zero-order valence-corrected chi connectivity index (χ0v) is 12.6. The molecule has 0 saturated carbocycles. The number of hydrogen-bond donors (Lipinski definition) is 0. The highest BCUT2D eigenvalue weighted by atomic mass is 32.1. The van der Waals surface area contributed by atoms with Crippen LogP contribution in [0.15, 0.2) is 16.8 Å². The molecule has 108 valence electrons. The Balaban J connectivity index is 1.79. The van der Waals surface area contributed by atoms with Crippen LogP contribution in [0, 0.1) is 0 Å². The van der Waals surface area contributed by atoms with Gasteiger partial charge in [-0.3, -0.25) is 9.59 Å². The van der Waals surface area contributed by atoms with E-state index < -0.39 is 0 Å². The summed E-state index contributed by atoms with van der Waals surface area (Å²) in [4.78, 5) is 28.3. The van der Waals surface area contributed by atoms with Crippen molar-refractivity contribution in [2.45, 2.75) is 37.6 Å². The predicted octanol–water partition coefficient (Wildman–Crippen LogP) is 1.90. The van der Waals surface area contributed by atoms with Crippen LogP contribution in [-0.2, 0) is 16.0 Å². The van der Waals surface area contributed by atoms with Crippen LogP contribution in [0.3, 0.4) is 0 Å². The Morgan fingerprint density at radius 3 is 2.95 bits per heavy atom. The van der Waals surface area contributed by atoms with Crippen molar-refractivity contribution in [3.63, 3.8) is 0 Å². The Hall–Kier alpha value is -1.36. The summed E-state index contributed by atoms with van der Waals surface area (Å²) >= 11 is 1.62. The minimum atomic E-state index is -0.239. The zero-order chi connectivity index (χ0) is 14.2. The molecule has 0 radical (unpaired) electrons. The smallest absolute Gasteiger partial charge is 0.227 e. The van der Waals surface area contributed by atoms with Gasteiger partial charge in [-0.1, -0.05) is 0 Å². The van der Waals surface area contributed by atoms with E-state index in [2.05, 4.69) is 0 Å². The molecule has 4 nitrogen and oxygen atoms in total. The van der Waals surface area contributed by atoms with E-state index in [1.54, 1.807) is 16.2 Å². The van der Waals surface area contributed by atoms with Crippen LogP contribution in [0.1, 0.15) is 31.2 Å². The van der Waals surface area contributed by atoms with Gasteiger partial charge in [-0.05, 0) is 41.7 Å². The maximum Gasteiger partial charge on any atom is 0.227 e. The zero-order valence-electron chi connectivity index (χ0n) is 11.8. The molecule has 1 spiro atoms. The maximum absolute atomic E-state index is 12.6. The molecule has 2 aliphatic heterocycles. The molecule has 1 aromatic rings. The molecule has 0 N–H and O–H groups in total. The molecule has 2 aliphatic rings. The first-order valence-corrected chi connectivity index (χ1v) is 8.10. The van der Waals surface area contributed by atoms with Gasteiger partial charge in [0.15, 0.2) is 0 Å². The summed E-state index contributed by atoms with van der Waals surface area (Å²) in [5, 5.41) is 4.03. The number of likely N-dealkylation sites (tertiary alicyclic amines) is 2. The Bertz CT molecular complexity index is 514. The number of amides is 2. The summed E-state index contributed by atoms with van der Waals surface area (Å²) in [6.07, 6.45) is 4.08. The molecular weight excluding hydrogens is 272 g/mol. The largest absolute Gasteiger partial charge is 0.343 e. The summed E-state index contributed by atoms with van der Waals surface area (Å²) in [6.45, 7) is 1.49. The topological polar surface area (TPSA) is 40.6 Å². The van der Waals surface area contributed by atoms with E-state index in [0.717, 1.165) is 31.4 Å². The summed E-state index contributed by atoms with van der Waals surface area (Å²) in [5.74, 6) is 0.339. The summed E-state index contributed by atoms with van der Waals surface area (Å²) in [5.41, 5.74) is 0.843. The Morgan fingerprint density at radius 2 is 2.30 bits per heavy atom. The standard InChI is InChI=1S/C15H20N2O2S/c1-16-11-15(9-14(16)19)5-2-3-6-17(15)13(18)8-12-4-7-20-10-12/h4,7,10H,2-3,5-6,8-9,11H2,1H3/t15-/m0/s1. The first kappa shape index (κ1) is 13.6. The molecule has 2 saturated heterocycles.